The Labute approximate surface area is 119 Å². The van der Waals surface area contributed by atoms with Gasteiger partial charge in [-0.15, -0.1) is 10.2 Å². The Kier molecular flexibility index (Phi) is 4.79. The number of benzene rings is 1. The van der Waals surface area contributed by atoms with Gasteiger partial charge in [0.25, 0.3) is 0 Å². The monoisotopic (exact) mass is 326 g/mol. The summed E-state index contributed by atoms with van der Waals surface area (Å²) in [5, 5.41) is 12.1. The van der Waals surface area contributed by atoms with Crippen LogP contribution in [0, 0.1) is 0 Å². The lowest BCUT2D eigenvalue weighted by Gasteiger charge is -2.07. The zero-order valence-corrected chi connectivity index (χ0v) is 12.8. The Bertz CT molecular complexity index is 527. The average Bonchev–Trinajstić information content (AvgIpc) is 2.75. The summed E-state index contributed by atoms with van der Waals surface area (Å²) in [6, 6.07) is 6.38. The Hall–Kier alpha value is -0.850. The summed E-state index contributed by atoms with van der Waals surface area (Å²) in [4.78, 5) is 1.14. The van der Waals surface area contributed by atoms with Gasteiger partial charge in [-0.3, -0.25) is 0 Å². The molecule has 6 heteroatoms. The molecule has 18 heavy (non-hydrogen) atoms. The van der Waals surface area contributed by atoms with Crippen molar-refractivity contribution < 1.29 is 0 Å². The maximum absolute atomic E-state index is 4.07. The van der Waals surface area contributed by atoms with E-state index in [0.29, 0.717) is 0 Å². The van der Waals surface area contributed by atoms with Crippen molar-refractivity contribution in [3.05, 3.63) is 34.6 Å². The summed E-state index contributed by atoms with van der Waals surface area (Å²) in [5.74, 6) is 0. The summed E-state index contributed by atoms with van der Waals surface area (Å²) in [6.07, 6.45) is 1.70. The molecular weight excluding hydrogens is 312 g/mol. The van der Waals surface area contributed by atoms with Crippen molar-refractivity contribution in [3.63, 3.8) is 0 Å². The van der Waals surface area contributed by atoms with Gasteiger partial charge < -0.3 is 9.88 Å². The number of aryl methyl sites for hydroxylation is 1. The number of rotatable bonds is 5. The van der Waals surface area contributed by atoms with Crippen LogP contribution in [0.15, 0.2) is 39.1 Å². The third-order valence-electron chi connectivity index (χ3n) is 2.45. The number of halogens is 1. The topological polar surface area (TPSA) is 42.7 Å². The molecule has 0 aliphatic heterocycles. The molecule has 0 radical (unpaired) electrons. The van der Waals surface area contributed by atoms with Gasteiger partial charge in [0, 0.05) is 23.0 Å². The van der Waals surface area contributed by atoms with E-state index in [2.05, 4.69) is 56.6 Å². The molecule has 1 heterocycles. The molecule has 96 valence electrons. The molecule has 0 spiro atoms. The van der Waals surface area contributed by atoms with Crippen molar-refractivity contribution in [2.24, 2.45) is 7.05 Å². The van der Waals surface area contributed by atoms with Crippen molar-refractivity contribution in [1.82, 2.24) is 20.1 Å². The van der Waals surface area contributed by atoms with Crippen LogP contribution in [-0.2, 0) is 13.6 Å². The summed E-state index contributed by atoms with van der Waals surface area (Å²) >= 11 is 5.21. The SMILES string of the molecule is CCNCc1ccc(Sc2nncn2C)c(Br)c1. The van der Waals surface area contributed by atoms with Crippen LogP contribution < -0.4 is 5.32 Å². The van der Waals surface area contributed by atoms with Gasteiger partial charge in [0.2, 0.25) is 0 Å². The third kappa shape index (κ3) is 3.34. The Morgan fingerprint density at radius 3 is 2.89 bits per heavy atom. The largest absolute Gasteiger partial charge is 0.313 e. The van der Waals surface area contributed by atoms with Crippen LogP contribution in [0.2, 0.25) is 0 Å². The molecule has 0 aliphatic rings. The Balaban J connectivity index is 2.12. The van der Waals surface area contributed by atoms with Crippen LogP contribution in [0.5, 0.6) is 0 Å². The van der Waals surface area contributed by atoms with Gasteiger partial charge >= 0.3 is 0 Å². The van der Waals surface area contributed by atoms with E-state index in [4.69, 9.17) is 0 Å². The molecule has 0 amide bonds. The van der Waals surface area contributed by atoms with E-state index in [0.717, 1.165) is 27.6 Å². The highest BCUT2D eigenvalue weighted by molar-refractivity contribution is 9.10. The van der Waals surface area contributed by atoms with Gasteiger partial charge in [0.1, 0.15) is 6.33 Å². The molecule has 0 atom stereocenters. The van der Waals surface area contributed by atoms with Crippen LogP contribution in [0.25, 0.3) is 0 Å². The lowest BCUT2D eigenvalue weighted by molar-refractivity contribution is 0.726. The molecule has 2 aromatic rings. The molecule has 1 aromatic heterocycles. The molecule has 2 rings (SSSR count). The van der Waals surface area contributed by atoms with Gasteiger partial charge in [-0.1, -0.05) is 13.0 Å². The predicted octanol–water partition coefficient (Wildman–Crippen LogP) is 2.84. The second-order valence-electron chi connectivity index (χ2n) is 3.87. The second kappa shape index (κ2) is 6.36. The molecule has 1 N–H and O–H groups in total. The van der Waals surface area contributed by atoms with E-state index in [9.17, 15) is 0 Å². The van der Waals surface area contributed by atoms with Crippen LogP contribution in [-0.4, -0.2) is 21.3 Å². The molecule has 0 saturated heterocycles. The van der Waals surface area contributed by atoms with Gasteiger partial charge in [-0.25, -0.2) is 0 Å². The Morgan fingerprint density at radius 1 is 1.44 bits per heavy atom. The quantitative estimate of drug-likeness (QED) is 0.917. The fourth-order valence-corrected chi connectivity index (χ4v) is 2.91. The first-order chi connectivity index (χ1) is 8.70. The van der Waals surface area contributed by atoms with Crippen LogP contribution >= 0.6 is 27.7 Å². The molecule has 1 aromatic carbocycles. The minimum Gasteiger partial charge on any atom is -0.313 e. The normalized spacial score (nSPS) is 10.8. The second-order valence-corrected chi connectivity index (χ2v) is 5.74. The van der Waals surface area contributed by atoms with E-state index in [1.165, 1.54) is 5.56 Å². The number of hydrogen-bond donors (Lipinski definition) is 1. The van der Waals surface area contributed by atoms with Crippen molar-refractivity contribution in [1.29, 1.82) is 0 Å². The number of nitrogens with zero attached hydrogens (tertiary/aromatic N) is 3. The molecule has 0 saturated carbocycles. The molecule has 4 nitrogen and oxygen atoms in total. The highest BCUT2D eigenvalue weighted by Gasteiger charge is 2.07. The number of hydrogen-bond acceptors (Lipinski definition) is 4. The van der Waals surface area contributed by atoms with Crippen molar-refractivity contribution in [2.75, 3.05) is 6.54 Å². The first-order valence-electron chi connectivity index (χ1n) is 5.71. The summed E-state index contributed by atoms with van der Waals surface area (Å²) < 4.78 is 3.00. The van der Waals surface area contributed by atoms with E-state index in [1.807, 2.05) is 11.6 Å². The van der Waals surface area contributed by atoms with Crippen LogP contribution in [0.1, 0.15) is 12.5 Å². The van der Waals surface area contributed by atoms with Gasteiger partial charge in [0.15, 0.2) is 5.16 Å². The maximum Gasteiger partial charge on any atom is 0.195 e. The van der Waals surface area contributed by atoms with Crippen LogP contribution in [0.4, 0.5) is 0 Å². The highest BCUT2D eigenvalue weighted by Crippen LogP contribution is 2.32. The highest BCUT2D eigenvalue weighted by atomic mass is 79.9. The zero-order valence-electron chi connectivity index (χ0n) is 10.4. The first-order valence-corrected chi connectivity index (χ1v) is 7.32. The fourth-order valence-electron chi connectivity index (χ4n) is 1.47. The van der Waals surface area contributed by atoms with Gasteiger partial charge in [-0.2, -0.15) is 0 Å². The molecule has 0 unspecified atom stereocenters. The molecular formula is C12H15BrN4S. The summed E-state index contributed by atoms with van der Waals surface area (Å²) in [7, 11) is 1.94. The van der Waals surface area contributed by atoms with Gasteiger partial charge in [-0.05, 0) is 51.9 Å². The number of nitrogens with one attached hydrogen (secondary N) is 1. The molecule has 0 bridgehead atoms. The smallest absolute Gasteiger partial charge is 0.195 e. The molecule has 0 fully saturated rings. The van der Waals surface area contributed by atoms with Gasteiger partial charge in [0.05, 0.1) is 0 Å². The zero-order chi connectivity index (χ0) is 13.0. The van der Waals surface area contributed by atoms with E-state index < -0.39 is 0 Å². The van der Waals surface area contributed by atoms with E-state index in [-0.39, 0.29) is 0 Å². The lowest BCUT2D eigenvalue weighted by atomic mass is 10.2. The first kappa shape index (κ1) is 13.6. The van der Waals surface area contributed by atoms with E-state index in [1.54, 1.807) is 18.1 Å². The maximum atomic E-state index is 4.07. The predicted molar refractivity (Wildman–Crippen MR) is 76.6 cm³/mol. The number of aromatic nitrogens is 3. The van der Waals surface area contributed by atoms with Crippen molar-refractivity contribution in [3.8, 4) is 0 Å². The standard InChI is InChI=1S/C12H15BrN4S/c1-3-14-7-9-4-5-11(10(13)6-9)18-12-16-15-8-17(12)2/h4-6,8,14H,3,7H2,1-2H3. The lowest BCUT2D eigenvalue weighted by Crippen LogP contribution is -2.11. The summed E-state index contributed by atoms with van der Waals surface area (Å²) in [6.45, 7) is 3.98. The summed E-state index contributed by atoms with van der Waals surface area (Å²) in [5.41, 5.74) is 1.27. The fraction of sp³-hybridized carbons (Fsp3) is 0.333. The molecule has 0 aliphatic carbocycles. The van der Waals surface area contributed by atoms with Crippen molar-refractivity contribution >= 4 is 27.7 Å². The Morgan fingerprint density at radius 2 is 2.28 bits per heavy atom. The van der Waals surface area contributed by atoms with E-state index >= 15 is 0 Å². The van der Waals surface area contributed by atoms with Crippen molar-refractivity contribution in [2.45, 2.75) is 23.5 Å². The average molecular weight is 327 g/mol. The third-order valence-corrected chi connectivity index (χ3v) is 4.49. The van der Waals surface area contributed by atoms with Crippen LogP contribution in [0.3, 0.4) is 0 Å². The minimum atomic E-state index is 0.884. The minimum absolute atomic E-state index is 0.884.